The second-order valence-corrected chi connectivity index (χ2v) is 4.40. The number of nitrogens with zero attached hydrogens (tertiary/aromatic N) is 2. The van der Waals surface area contributed by atoms with Gasteiger partial charge in [-0.05, 0) is 18.6 Å². The highest BCUT2D eigenvalue weighted by molar-refractivity contribution is 5.74. The molecule has 2 heterocycles. The minimum absolute atomic E-state index is 0.555. The summed E-state index contributed by atoms with van der Waals surface area (Å²) in [6.07, 6.45) is 0.768. The number of fused-ring (bicyclic) bond motifs is 1. The Labute approximate surface area is 93.5 Å². The van der Waals surface area contributed by atoms with Gasteiger partial charge in [0.1, 0.15) is 5.52 Å². The van der Waals surface area contributed by atoms with Crippen LogP contribution in [0.25, 0.3) is 11.1 Å². The SMILES string of the molecule is CCC1(O)CN(c2nc3ccccc3o2)C1. The van der Waals surface area contributed by atoms with Gasteiger partial charge in [-0.15, -0.1) is 0 Å². The topological polar surface area (TPSA) is 49.5 Å². The first-order valence-corrected chi connectivity index (χ1v) is 5.53. The summed E-state index contributed by atoms with van der Waals surface area (Å²) in [4.78, 5) is 6.34. The Bertz CT molecular complexity index is 481. The van der Waals surface area contributed by atoms with E-state index in [1.165, 1.54) is 0 Å². The highest BCUT2D eigenvalue weighted by atomic mass is 16.4. The van der Waals surface area contributed by atoms with Crippen LogP contribution >= 0.6 is 0 Å². The summed E-state index contributed by atoms with van der Waals surface area (Å²) >= 11 is 0. The second-order valence-electron chi connectivity index (χ2n) is 4.40. The highest BCUT2D eigenvalue weighted by Gasteiger charge is 2.41. The predicted octanol–water partition coefficient (Wildman–Crippen LogP) is 1.79. The Hall–Kier alpha value is -1.55. The van der Waals surface area contributed by atoms with E-state index in [0.717, 1.165) is 17.5 Å². The molecule has 84 valence electrons. The molecule has 0 bridgehead atoms. The van der Waals surface area contributed by atoms with Gasteiger partial charge in [-0.1, -0.05) is 19.1 Å². The van der Waals surface area contributed by atoms with Crippen LogP contribution in [-0.2, 0) is 0 Å². The number of rotatable bonds is 2. The molecule has 1 N–H and O–H groups in total. The van der Waals surface area contributed by atoms with Crippen LogP contribution in [0, 0.1) is 0 Å². The van der Waals surface area contributed by atoms with Crippen molar-refractivity contribution in [1.29, 1.82) is 0 Å². The van der Waals surface area contributed by atoms with Crippen molar-refractivity contribution in [3.8, 4) is 0 Å². The normalized spacial score (nSPS) is 18.8. The first-order valence-electron chi connectivity index (χ1n) is 5.53. The molecule has 1 aromatic heterocycles. The monoisotopic (exact) mass is 218 g/mol. The average molecular weight is 218 g/mol. The first kappa shape index (κ1) is 9.66. The summed E-state index contributed by atoms with van der Waals surface area (Å²) in [5, 5.41) is 9.91. The van der Waals surface area contributed by atoms with Crippen LogP contribution < -0.4 is 4.90 Å². The zero-order valence-corrected chi connectivity index (χ0v) is 9.18. The van der Waals surface area contributed by atoms with E-state index >= 15 is 0 Å². The third-order valence-electron chi connectivity index (χ3n) is 3.18. The summed E-state index contributed by atoms with van der Waals surface area (Å²) in [5.41, 5.74) is 1.11. The lowest BCUT2D eigenvalue weighted by Gasteiger charge is -2.45. The maximum Gasteiger partial charge on any atom is 0.298 e. The number of para-hydroxylation sites is 2. The van der Waals surface area contributed by atoms with E-state index in [1.807, 2.05) is 36.1 Å². The minimum atomic E-state index is -0.555. The number of aromatic nitrogens is 1. The van der Waals surface area contributed by atoms with E-state index in [0.29, 0.717) is 19.1 Å². The van der Waals surface area contributed by atoms with Gasteiger partial charge in [0, 0.05) is 0 Å². The van der Waals surface area contributed by atoms with Crippen molar-refractivity contribution in [2.75, 3.05) is 18.0 Å². The molecule has 0 spiro atoms. The van der Waals surface area contributed by atoms with Crippen LogP contribution in [0.4, 0.5) is 6.01 Å². The molecule has 0 radical (unpaired) electrons. The van der Waals surface area contributed by atoms with Crippen molar-refractivity contribution in [2.24, 2.45) is 0 Å². The Morgan fingerprint density at radius 2 is 2.19 bits per heavy atom. The maximum atomic E-state index is 9.91. The zero-order valence-electron chi connectivity index (χ0n) is 9.18. The Balaban J connectivity index is 1.86. The van der Waals surface area contributed by atoms with Crippen LogP contribution in [0.1, 0.15) is 13.3 Å². The minimum Gasteiger partial charge on any atom is -0.423 e. The quantitative estimate of drug-likeness (QED) is 0.834. The smallest absolute Gasteiger partial charge is 0.298 e. The van der Waals surface area contributed by atoms with Gasteiger partial charge in [0.25, 0.3) is 6.01 Å². The number of hydrogen-bond acceptors (Lipinski definition) is 4. The summed E-state index contributed by atoms with van der Waals surface area (Å²) < 4.78 is 5.61. The van der Waals surface area contributed by atoms with Crippen molar-refractivity contribution < 1.29 is 9.52 Å². The molecule has 2 aromatic rings. The molecule has 0 aliphatic carbocycles. The fraction of sp³-hybridized carbons (Fsp3) is 0.417. The highest BCUT2D eigenvalue weighted by Crippen LogP contribution is 2.31. The van der Waals surface area contributed by atoms with Crippen LogP contribution in [0.5, 0.6) is 0 Å². The van der Waals surface area contributed by atoms with Gasteiger partial charge in [0.05, 0.1) is 18.7 Å². The van der Waals surface area contributed by atoms with Crippen molar-refractivity contribution in [1.82, 2.24) is 4.98 Å². The molecule has 1 aliphatic heterocycles. The van der Waals surface area contributed by atoms with E-state index in [-0.39, 0.29) is 0 Å². The van der Waals surface area contributed by atoms with Crippen LogP contribution in [0.2, 0.25) is 0 Å². The van der Waals surface area contributed by atoms with Crippen molar-refractivity contribution in [3.05, 3.63) is 24.3 Å². The molecule has 1 aromatic carbocycles. The van der Waals surface area contributed by atoms with Gasteiger partial charge >= 0.3 is 0 Å². The Kier molecular flexibility index (Phi) is 1.94. The number of aliphatic hydroxyl groups is 1. The standard InChI is InChI=1S/C12H14N2O2/c1-2-12(15)7-14(8-12)11-13-9-5-3-4-6-10(9)16-11/h3-6,15H,2,7-8H2,1H3. The predicted molar refractivity (Wildman–Crippen MR) is 61.5 cm³/mol. The Morgan fingerprint density at radius 3 is 2.88 bits per heavy atom. The summed E-state index contributed by atoms with van der Waals surface area (Å²) in [6.45, 7) is 3.20. The fourth-order valence-corrected chi connectivity index (χ4v) is 2.02. The molecule has 1 saturated heterocycles. The molecule has 0 amide bonds. The first-order chi connectivity index (χ1) is 7.70. The number of oxazole rings is 1. The summed E-state index contributed by atoms with van der Waals surface area (Å²) in [6, 6.07) is 8.30. The number of β-amino-alcohol motifs (C(OH)–C–C–N with tert-alkyl or cyclic N) is 1. The van der Waals surface area contributed by atoms with E-state index in [9.17, 15) is 5.11 Å². The average Bonchev–Trinajstić information content (AvgIpc) is 2.67. The molecule has 1 aliphatic rings. The van der Waals surface area contributed by atoms with Crippen molar-refractivity contribution in [2.45, 2.75) is 18.9 Å². The van der Waals surface area contributed by atoms with Crippen molar-refractivity contribution in [3.63, 3.8) is 0 Å². The fourth-order valence-electron chi connectivity index (χ4n) is 2.02. The lowest BCUT2D eigenvalue weighted by atomic mass is 9.92. The lowest BCUT2D eigenvalue weighted by molar-refractivity contribution is 0.00580. The molecular weight excluding hydrogens is 204 g/mol. The molecule has 0 unspecified atom stereocenters. The lowest BCUT2D eigenvalue weighted by Crippen LogP contribution is -2.61. The summed E-state index contributed by atoms with van der Waals surface area (Å²) in [5.74, 6) is 0. The van der Waals surface area contributed by atoms with E-state index in [4.69, 9.17) is 4.42 Å². The van der Waals surface area contributed by atoms with E-state index in [1.54, 1.807) is 0 Å². The van der Waals surface area contributed by atoms with Gasteiger partial charge in [0.2, 0.25) is 0 Å². The molecule has 3 rings (SSSR count). The van der Waals surface area contributed by atoms with Crippen LogP contribution in [0.15, 0.2) is 28.7 Å². The van der Waals surface area contributed by atoms with E-state index < -0.39 is 5.60 Å². The largest absolute Gasteiger partial charge is 0.423 e. The molecule has 4 heteroatoms. The van der Waals surface area contributed by atoms with Gasteiger partial charge in [-0.25, -0.2) is 0 Å². The second kappa shape index (κ2) is 3.22. The number of anilines is 1. The van der Waals surface area contributed by atoms with Gasteiger partial charge in [-0.2, -0.15) is 4.98 Å². The molecular formula is C12H14N2O2. The van der Waals surface area contributed by atoms with Gasteiger partial charge in [-0.3, -0.25) is 0 Å². The third-order valence-corrected chi connectivity index (χ3v) is 3.18. The van der Waals surface area contributed by atoms with Crippen LogP contribution in [0.3, 0.4) is 0 Å². The molecule has 16 heavy (non-hydrogen) atoms. The van der Waals surface area contributed by atoms with Crippen LogP contribution in [-0.4, -0.2) is 28.8 Å². The maximum absolute atomic E-state index is 9.91. The van der Waals surface area contributed by atoms with Crippen molar-refractivity contribution >= 4 is 17.1 Å². The van der Waals surface area contributed by atoms with Gasteiger partial charge < -0.3 is 14.4 Å². The number of benzene rings is 1. The zero-order chi connectivity index (χ0) is 11.2. The third kappa shape index (κ3) is 1.38. The van der Waals surface area contributed by atoms with Gasteiger partial charge in [0.15, 0.2) is 5.58 Å². The Morgan fingerprint density at radius 1 is 1.44 bits per heavy atom. The molecule has 0 atom stereocenters. The molecule has 0 saturated carbocycles. The van der Waals surface area contributed by atoms with E-state index in [2.05, 4.69) is 4.98 Å². The molecule has 4 nitrogen and oxygen atoms in total. The number of hydrogen-bond donors (Lipinski definition) is 1. The molecule has 1 fully saturated rings. The summed E-state index contributed by atoms with van der Waals surface area (Å²) in [7, 11) is 0.